The summed E-state index contributed by atoms with van der Waals surface area (Å²) in [4.78, 5) is 0. The minimum absolute atomic E-state index is 1.22. The zero-order valence-corrected chi connectivity index (χ0v) is 31.9. The molecule has 0 aliphatic heterocycles. The van der Waals surface area contributed by atoms with Crippen molar-refractivity contribution < 1.29 is 0 Å². The van der Waals surface area contributed by atoms with Gasteiger partial charge in [-0.25, -0.2) is 0 Å². The van der Waals surface area contributed by atoms with Gasteiger partial charge in [-0.05, 0) is 122 Å². The first-order valence-corrected chi connectivity index (χ1v) is 20.1. The Labute approximate surface area is 339 Å². The van der Waals surface area contributed by atoms with Crippen LogP contribution in [0.3, 0.4) is 0 Å². The molecule has 0 saturated carbocycles. The number of hydrogen-bond acceptors (Lipinski definition) is 0. The SMILES string of the molecule is c1ccc(-c2ccc(-c3c4ccccc4c(-c4ccc5cc(-c6ccc(-c7ccccc7)c7c(-c8ccccc8)cccc67)ccc5c4)c4ccccc34)cc2)cc1. The van der Waals surface area contributed by atoms with Crippen LogP contribution in [0.2, 0.25) is 0 Å². The highest BCUT2D eigenvalue weighted by Crippen LogP contribution is 2.45. The highest BCUT2D eigenvalue weighted by atomic mass is 14.2. The first-order valence-electron chi connectivity index (χ1n) is 20.1. The molecule has 0 aromatic heterocycles. The lowest BCUT2D eigenvalue weighted by Crippen LogP contribution is -1.91. The number of benzene rings is 11. The highest BCUT2D eigenvalue weighted by molar-refractivity contribution is 6.22. The number of fused-ring (bicyclic) bond motifs is 4. The van der Waals surface area contributed by atoms with E-state index in [0.717, 1.165) is 0 Å². The van der Waals surface area contributed by atoms with Gasteiger partial charge < -0.3 is 0 Å². The predicted molar refractivity (Wildman–Crippen MR) is 249 cm³/mol. The van der Waals surface area contributed by atoms with Gasteiger partial charge in [-0.3, -0.25) is 0 Å². The fourth-order valence-corrected chi connectivity index (χ4v) is 9.15. The van der Waals surface area contributed by atoms with E-state index in [9.17, 15) is 0 Å². The summed E-state index contributed by atoms with van der Waals surface area (Å²) in [6, 6.07) is 84.4. The van der Waals surface area contributed by atoms with E-state index in [-0.39, 0.29) is 0 Å². The second kappa shape index (κ2) is 14.2. The van der Waals surface area contributed by atoms with Crippen molar-refractivity contribution in [3.63, 3.8) is 0 Å². The quantitative estimate of drug-likeness (QED) is 0.149. The van der Waals surface area contributed by atoms with Gasteiger partial charge in [0, 0.05) is 0 Å². The molecule has 0 aliphatic rings. The molecule has 0 unspecified atom stereocenters. The van der Waals surface area contributed by atoms with Crippen LogP contribution in [0.15, 0.2) is 231 Å². The van der Waals surface area contributed by atoms with Crippen LogP contribution in [-0.2, 0) is 0 Å². The third kappa shape index (κ3) is 5.78. The molecule has 0 atom stereocenters. The molecule has 270 valence electrons. The Morgan fingerprint density at radius 3 is 1.14 bits per heavy atom. The maximum absolute atomic E-state index is 2.38. The minimum Gasteiger partial charge on any atom is -0.0622 e. The third-order valence-corrected chi connectivity index (χ3v) is 11.9. The van der Waals surface area contributed by atoms with Crippen molar-refractivity contribution >= 4 is 43.1 Å². The van der Waals surface area contributed by atoms with Gasteiger partial charge in [0.2, 0.25) is 0 Å². The topological polar surface area (TPSA) is 0 Å². The van der Waals surface area contributed by atoms with Crippen LogP contribution in [-0.4, -0.2) is 0 Å². The van der Waals surface area contributed by atoms with Crippen molar-refractivity contribution in [3.8, 4) is 66.8 Å². The average molecular weight is 735 g/mol. The van der Waals surface area contributed by atoms with Gasteiger partial charge in [0.15, 0.2) is 0 Å². The smallest absolute Gasteiger partial charge is 0.00206 e. The van der Waals surface area contributed by atoms with Gasteiger partial charge in [0.1, 0.15) is 0 Å². The molecule has 11 rings (SSSR count). The summed E-state index contributed by atoms with van der Waals surface area (Å²) in [6.45, 7) is 0. The maximum atomic E-state index is 2.38. The van der Waals surface area contributed by atoms with E-state index in [4.69, 9.17) is 0 Å². The molecule has 11 aromatic rings. The Morgan fingerprint density at radius 2 is 0.569 bits per heavy atom. The molecule has 0 heteroatoms. The van der Waals surface area contributed by atoms with E-state index >= 15 is 0 Å². The van der Waals surface area contributed by atoms with E-state index in [1.807, 2.05) is 0 Å². The van der Waals surface area contributed by atoms with Gasteiger partial charge in [0.25, 0.3) is 0 Å². The van der Waals surface area contributed by atoms with Crippen LogP contribution in [0.25, 0.3) is 110 Å². The van der Waals surface area contributed by atoms with E-state index < -0.39 is 0 Å². The van der Waals surface area contributed by atoms with E-state index in [2.05, 4.69) is 231 Å². The summed E-state index contributed by atoms with van der Waals surface area (Å²) in [5.74, 6) is 0. The minimum atomic E-state index is 1.22. The maximum Gasteiger partial charge on any atom is -0.00206 e. The molecule has 0 heterocycles. The molecule has 11 aromatic carbocycles. The molecule has 0 spiro atoms. The van der Waals surface area contributed by atoms with E-state index in [0.29, 0.717) is 0 Å². The van der Waals surface area contributed by atoms with E-state index in [1.54, 1.807) is 0 Å². The Kier molecular flexibility index (Phi) is 8.26. The van der Waals surface area contributed by atoms with Gasteiger partial charge >= 0.3 is 0 Å². The lowest BCUT2D eigenvalue weighted by Gasteiger charge is -2.18. The van der Waals surface area contributed by atoms with Crippen molar-refractivity contribution in [1.82, 2.24) is 0 Å². The van der Waals surface area contributed by atoms with Crippen molar-refractivity contribution in [2.75, 3.05) is 0 Å². The normalized spacial score (nSPS) is 11.4. The van der Waals surface area contributed by atoms with Crippen LogP contribution < -0.4 is 0 Å². The predicted octanol–water partition coefficient (Wildman–Crippen LogP) is 16.3. The second-order valence-corrected chi connectivity index (χ2v) is 15.2. The summed E-state index contributed by atoms with van der Waals surface area (Å²) in [6.07, 6.45) is 0. The van der Waals surface area contributed by atoms with Crippen LogP contribution in [0, 0.1) is 0 Å². The van der Waals surface area contributed by atoms with Gasteiger partial charge in [-0.15, -0.1) is 0 Å². The molecule has 0 radical (unpaired) electrons. The lowest BCUT2D eigenvalue weighted by atomic mass is 9.85. The molecule has 0 saturated heterocycles. The molecule has 0 bridgehead atoms. The fraction of sp³-hybridized carbons (Fsp3) is 0. The van der Waals surface area contributed by atoms with Crippen LogP contribution >= 0.6 is 0 Å². The highest BCUT2D eigenvalue weighted by Gasteiger charge is 2.18. The van der Waals surface area contributed by atoms with Crippen molar-refractivity contribution in [1.29, 1.82) is 0 Å². The Hall–Kier alpha value is -7.54. The Balaban J connectivity index is 1.04. The van der Waals surface area contributed by atoms with Crippen molar-refractivity contribution in [3.05, 3.63) is 231 Å². The summed E-state index contributed by atoms with van der Waals surface area (Å²) in [5.41, 5.74) is 14.9. The number of rotatable bonds is 6. The molecular formula is C58H38. The number of hydrogen-bond donors (Lipinski definition) is 0. The first-order chi connectivity index (χ1) is 28.8. The lowest BCUT2D eigenvalue weighted by molar-refractivity contribution is 1.61. The second-order valence-electron chi connectivity index (χ2n) is 15.2. The van der Waals surface area contributed by atoms with Gasteiger partial charge in [-0.2, -0.15) is 0 Å². The molecule has 0 aliphatic carbocycles. The molecule has 0 N–H and O–H groups in total. The molecule has 58 heavy (non-hydrogen) atoms. The average Bonchev–Trinajstić information content (AvgIpc) is 3.31. The molecule has 0 fully saturated rings. The molecule has 0 nitrogen and oxygen atoms in total. The summed E-state index contributed by atoms with van der Waals surface area (Å²) < 4.78 is 0. The Morgan fingerprint density at radius 1 is 0.190 bits per heavy atom. The van der Waals surface area contributed by atoms with Crippen molar-refractivity contribution in [2.24, 2.45) is 0 Å². The fourth-order valence-electron chi connectivity index (χ4n) is 9.15. The zero-order chi connectivity index (χ0) is 38.4. The van der Waals surface area contributed by atoms with E-state index in [1.165, 1.54) is 110 Å². The van der Waals surface area contributed by atoms with Crippen LogP contribution in [0.4, 0.5) is 0 Å². The third-order valence-electron chi connectivity index (χ3n) is 11.9. The van der Waals surface area contributed by atoms with Gasteiger partial charge in [-0.1, -0.05) is 218 Å². The summed E-state index contributed by atoms with van der Waals surface area (Å²) in [7, 11) is 0. The summed E-state index contributed by atoms with van der Waals surface area (Å²) >= 11 is 0. The first kappa shape index (κ1) is 33.8. The van der Waals surface area contributed by atoms with Crippen LogP contribution in [0.5, 0.6) is 0 Å². The zero-order valence-electron chi connectivity index (χ0n) is 31.9. The van der Waals surface area contributed by atoms with Gasteiger partial charge in [0.05, 0.1) is 0 Å². The molecular weight excluding hydrogens is 697 g/mol. The monoisotopic (exact) mass is 734 g/mol. The standard InChI is InChI=1S/C58H38/c1-4-15-39(16-5-1)40-27-29-43(30-28-40)56-52-21-10-12-23-54(52)57(55-24-13-11-22-53(55)56)47-34-32-44-37-46(33-31-45(44)38-47)48-35-36-50(42-19-8-3-9-20-42)58-49(25-14-26-51(48)58)41-17-6-2-7-18-41/h1-38H. The summed E-state index contributed by atoms with van der Waals surface area (Å²) in [5, 5.41) is 10.0. The Bertz CT molecular complexity index is 3180. The van der Waals surface area contributed by atoms with Crippen molar-refractivity contribution in [2.45, 2.75) is 0 Å². The largest absolute Gasteiger partial charge is 0.0622 e. The molecule has 0 amide bonds. The van der Waals surface area contributed by atoms with Crippen LogP contribution in [0.1, 0.15) is 0 Å².